The quantitative estimate of drug-likeness (QED) is 0.436. The Morgan fingerprint density at radius 2 is 1.65 bits per heavy atom. The average Bonchev–Trinajstić information content (AvgIpc) is 2.54. The molecule has 1 aromatic carbocycles. The van der Waals surface area contributed by atoms with Gasteiger partial charge in [-0.2, -0.15) is 0 Å². The van der Waals surface area contributed by atoms with Crippen molar-refractivity contribution in [3.8, 4) is 0 Å². The van der Waals surface area contributed by atoms with Crippen LogP contribution in [0.3, 0.4) is 0 Å². The lowest BCUT2D eigenvalue weighted by Gasteiger charge is -2.39. The van der Waals surface area contributed by atoms with Crippen LogP contribution < -0.4 is 0 Å². The number of hydrogen-bond donors (Lipinski definition) is 0. The summed E-state index contributed by atoms with van der Waals surface area (Å²) >= 11 is 0. The molecule has 8 heteroatoms. The Bertz CT molecular complexity index is 647. The molecule has 0 N–H and O–H groups in total. The maximum absolute atomic E-state index is 13.2. The van der Waals surface area contributed by atoms with E-state index in [4.69, 9.17) is 13.5 Å². The second-order valence-corrected chi connectivity index (χ2v) is 14.8. The molecule has 0 unspecified atom stereocenters. The summed E-state index contributed by atoms with van der Waals surface area (Å²) in [5.41, 5.74) is 0.771. The molecule has 0 amide bonds. The number of rotatable bonds is 9. The number of halogens is 1. The number of carbonyl (C=O) groups excluding carboxylic acids is 1. The van der Waals surface area contributed by atoms with E-state index in [9.17, 15) is 13.8 Å². The van der Waals surface area contributed by atoms with Crippen LogP contribution in [0, 0.1) is 5.82 Å². The summed E-state index contributed by atoms with van der Waals surface area (Å²) in [5, 5.41) is -0.0967. The Hall–Kier alpha value is -0.853. The van der Waals surface area contributed by atoms with Gasteiger partial charge in [0.1, 0.15) is 18.1 Å². The first-order chi connectivity index (χ1) is 11.8. The van der Waals surface area contributed by atoms with E-state index < -0.39 is 22.0 Å². The van der Waals surface area contributed by atoms with Crippen molar-refractivity contribution in [2.24, 2.45) is 0 Å². The van der Waals surface area contributed by atoms with E-state index in [1.165, 1.54) is 26.4 Å². The lowest BCUT2D eigenvalue weighted by molar-refractivity contribution is -0.124. The average molecular weight is 404 g/mol. The van der Waals surface area contributed by atoms with Gasteiger partial charge in [0.15, 0.2) is 14.1 Å². The highest BCUT2D eigenvalue weighted by Gasteiger charge is 2.41. The van der Waals surface area contributed by atoms with Crippen molar-refractivity contribution in [1.29, 1.82) is 0 Å². The highest BCUT2D eigenvalue weighted by atomic mass is 31.2. The Labute approximate surface area is 156 Å². The van der Waals surface area contributed by atoms with Crippen LogP contribution in [0.2, 0.25) is 18.1 Å². The smallest absolute Gasteiger partial charge is 0.337 e. The zero-order valence-electron chi connectivity index (χ0n) is 16.7. The molecule has 0 radical (unpaired) electrons. The second kappa shape index (κ2) is 8.89. The Morgan fingerprint density at radius 3 is 2.08 bits per heavy atom. The van der Waals surface area contributed by atoms with Crippen molar-refractivity contribution in [3.05, 3.63) is 35.6 Å². The molecule has 5 nitrogen and oxygen atoms in total. The van der Waals surface area contributed by atoms with Gasteiger partial charge in [-0.3, -0.25) is 9.36 Å². The van der Waals surface area contributed by atoms with E-state index in [2.05, 4.69) is 20.8 Å². The van der Waals surface area contributed by atoms with E-state index >= 15 is 0 Å². The summed E-state index contributed by atoms with van der Waals surface area (Å²) in [6.45, 7) is 10.3. The lowest BCUT2D eigenvalue weighted by atomic mass is 10.1. The van der Waals surface area contributed by atoms with Gasteiger partial charge in [0.2, 0.25) is 0 Å². The van der Waals surface area contributed by atoms with Crippen LogP contribution in [-0.2, 0) is 29.3 Å². The molecule has 0 spiro atoms. The lowest BCUT2D eigenvalue weighted by Crippen LogP contribution is -2.47. The molecule has 0 saturated carbocycles. The molecule has 0 heterocycles. The minimum absolute atomic E-state index is 0.0967. The van der Waals surface area contributed by atoms with Crippen molar-refractivity contribution >= 4 is 21.7 Å². The maximum atomic E-state index is 13.2. The van der Waals surface area contributed by atoms with Crippen LogP contribution in [0.5, 0.6) is 0 Å². The molecule has 0 aliphatic rings. The molecule has 0 fully saturated rings. The van der Waals surface area contributed by atoms with Crippen molar-refractivity contribution in [1.82, 2.24) is 0 Å². The van der Waals surface area contributed by atoms with Crippen LogP contribution in [0.4, 0.5) is 4.39 Å². The molecule has 0 aliphatic heterocycles. The molecule has 26 heavy (non-hydrogen) atoms. The van der Waals surface area contributed by atoms with Crippen molar-refractivity contribution in [2.75, 3.05) is 20.4 Å². The first-order valence-electron chi connectivity index (χ1n) is 8.49. The summed E-state index contributed by atoms with van der Waals surface area (Å²) in [7, 11) is -3.24. The van der Waals surface area contributed by atoms with E-state index in [1.807, 2.05) is 13.1 Å². The third kappa shape index (κ3) is 6.39. The molecule has 0 aromatic heterocycles. The van der Waals surface area contributed by atoms with E-state index in [0.29, 0.717) is 0 Å². The maximum Gasteiger partial charge on any atom is 0.337 e. The predicted octanol–water partition coefficient (Wildman–Crippen LogP) is 4.81. The second-order valence-electron chi connectivity index (χ2n) is 7.80. The Morgan fingerprint density at radius 1 is 1.15 bits per heavy atom. The summed E-state index contributed by atoms with van der Waals surface area (Å²) in [6.07, 6.45) is -0.875. The molecule has 0 saturated heterocycles. The van der Waals surface area contributed by atoms with Gasteiger partial charge in [-0.25, -0.2) is 4.39 Å². The molecule has 0 aliphatic carbocycles. The number of benzene rings is 1. The Kier molecular flexibility index (Phi) is 7.93. The first kappa shape index (κ1) is 23.2. The standard InChI is InChI=1S/C18H30FO5PSi/c1-18(2,3)26(6,7)24-17(12-14-8-10-15(19)11-9-14)16(20)13-25(21,22-4)23-5/h8-11,17H,12-13H2,1-7H3/t17-/m0/s1. The van der Waals surface area contributed by atoms with Crippen LogP contribution >= 0.6 is 7.60 Å². The van der Waals surface area contributed by atoms with E-state index in [0.717, 1.165) is 5.56 Å². The predicted molar refractivity (Wildman–Crippen MR) is 104 cm³/mol. The largest absolute Gasteiger partial charge is 0.407 e. The number of Topliss-reactive ketones (excluding diaryl/α,β-unsaturated/α-hetero) is 1. The summed E-state index contributed by atoms with van der Waals surface area (Å²) < 4.78 is 41.6. The van der Waals surface area contributed by atoms with Crippen LogP contribution in [0.1, 0.15) is 26.3 Å². The molecular formula is C18H30FO5PSi. The van der Waals surface area contributed by atoms with Gasteiger partial charge in [-0.1, -0.05) is 32.9 Å². The summed E-state index contributed by atoms with van der Waals surface area (Å²) in [5.74, 6) is -0.684. The SMILES string of the molecule is COP(=O)(CC(=O)[C@H](Cc1ccc(F)cc1)O[Si](C)(C)C(C)(C)C)OC. The fraction of sp³-hybridized carbons (Fsp3) is 0.611. The summed E-state index contributed by atoms with van der Waals surface area (Å²) in [6, 6.07) is 5.94. The van der Waals surface area contributed by atoms with E-state index in [-0.39, 0.29) is 29.2 Å². The number of ketones is 1. The zero-order chi connectivity index (χ0) is 20.2. The van der Waals surface area contributed by atoms with Crippen molar-refractivity contribution < 1.29 is 27.2 Å². The molecular weight excluding hydrogens is 374 g/mol. The monoisotopic (exact) mass is 404 g/mol. The third-order valence-corrected chi connectivity index (χ3v) is 11.1. The highest BCUT2D eigenvalue weighted by molar-refractivity contribution is 7.54. The van der Waals surface area contributed by atoms with Crippen LogP contribution in [0.15, 0.2) is 24.3 Å². The normalized spacial score (nSPS) is 14.3. The van der Waals surface area contributed by atoms with E-state index in [1.54, 1.807) is 12.1 Å². The summed E-state index contributed by atoms with van der Waals surface area (Å²) in [4.78, 5) is 12.8. The van der Waals surface area contributed by atoms with Gasteiger partial charge in [0.05, 0.1) is 0 Å². The van der Waals surface area contributed by atoms with Gasteiger partial charge in [-0.15, -0.1) is 0 Å². The minimum atomic E-state index is -3.48. The fourth-order valence-electron chi connectivity index (χ4n) is 2.08. The van der Waals surface area contributed by atoms with Gasteiger partial charge >= 0.3 is 7.60 Å². The van der Waals surface area contributed by atoms with Crippen molar-refractivity contribution in [2.45, 2.75) is 51.4 Å². The fourth-order valence-corrected chi connectivity index (χ4v) is 4.36. The Balaban J connectivity index is 3.10. The first-order valence-corrected chi connectivity index (χ1v) is 13.1. The molecule has 1 rings (SSSR count). The van der Waals surface area contributed by atoms with Gasteiger partial charge < -0.3 is 13.5 Å². The third-order valence-electron chi connectivity index (χ3n) is 4.84. The van der Waals surface area contributed by atoms with Gasteiger partial charge in [0.25, 0.3) is 0 Å². The molecule has 0 bridgehead atoms. The zero-order valence-corrected chi connectivity index (χ0v) is 18.6. The van der Waals surface area contributed by atoms with Crippen LogP contribution in [0.25, 0.3) is 0 Å². The topological polar surface area (TPSA) is 61.8 Å². The highest BCUT2D eigenvalue weighted by Crippen LogP contribution is 2.47. The number of carbonyl (C=O) groups is 1. The van der Waals surface area contributed by atoms with Crippen molar-refractivity contribution in [3.63, 3.8) is 0 Å². The molecule has 1 atom stereocenters. The van der Waals surface area contributed by atoms with Gasteiger partial charge in [0, 0.05) is 20.6 Å². The number of hydrogen-bond acceptors (Lipinski definition) is 5. The molecule has 1 aromatic rings. The van der Waals surface area contributed by atoms with Gasteiger partial charge in [-0.05, 0) is 35.8 Å². The molecule has 148 valence electrons. The van der Waals surface area contributed by atoms with Crippen LogP contribution in [-0.4, -0.2) is 40.6 Å². The minimum Gasteiger partial charge on any atom is -0.407 e.